The number of carboxylic acid groups (broad SMARTS) is 1. The lowest BCUT2D eigenvalue weighted by molar-refractivity contribution is -0.152. The smallest absolute Gasteiger partial charge is 0.340 e. The van der Waals surface area contributed by atoms with Crippen molar-refractivity contribution in [2.24, 2.45) is 16.7 Å². The van der Waals surface area contributed by atoms with Crippen molar-refractivity contribution in [2.75, 3.05) is 33.9 Å². The van der Waals surface area contributed by atoms with E-state index < -0.39 is 52.5 Å². The summed E-state index contributed by atoms with van der Waals surface area (Å²) in [5, 5.41) is 31.4. The molecule has 3 N–H and O–H groups in total. The maximum Gasteiger partial charge on any atom is 0.340 e. The van der Waals surface area contributed by atoms with E-state index in [1.165, 1.54) is 14.0 Å². The first-order valence-corrected chi connectivity index (χ1v) is 13.2. The van der Waals surface area contributed by atoms with Crippen LogP contribution in [0.25, 0.3) is 0 Å². The SMILES string of the molecule is COCC(=C1C(=O)OCC2(C)C1=C(O)C(=O)C1=C2C(OC(C)=O)CC2(C)C(O)CCC12)N(C)CCCC(=O)O. The van der Waals surface area contributed by atoms with Crippen molar-refractivity contribution in [3.63, 3.8) is 0 Å². The van der Waals surface area contributed by atoms with Gasteiger partial charge in [0.25, 0.3) is 0 Å². The number of hydrogen-bond donors (Lipinski definition) is 3. The van der Waals surface area contributed by atoms with Crippen LogP contribution in [0.5, 0.6) is 0 Å². The Morgan fingerprint density at radius 3 is 2.51 bits per heavy atom. The lowest BCUT2D eigenvalue weighted by Crippen LogP contribution is -2.53. The fourth-order valence-corrected chi connectivity index (χ4v) is 7.01. The Bertz CT molecular complexity index is 1200. The highest BCUT2D eigenvalue weighted by Crippen LogP contribution is 2.62. The van der Waals surface area contributed by atoms with Crippen LogP contribution >= 0.6 is 0 Å². The molecule has 1 saturated carbocycles. The predicted octanol–water partition coefficient (Wildman–Crippen LogP) is 2.05. The molecule has 4 rings (SSSR count). The molecule has 1 aliphatic heterocycles. The number of aliphatic hydroxyl groups excluding tert-OH is 2. The zero-order valence-corrected chi connectivity index (χ0v) is 23.0. The molecule has 2 fully saturated rings. The standard InChI is InChI=1S/C28H37NO10/c1-14(30)39-17-11-27(2)15(8-9-18(27)31)20-22(17)28(3)13-38-26(36)21(23(28)25(35)24(20)34)16(12-37-5)29(4)10-6-7-19(32)33/h15,17-18,31,35H,6-13H2,1-5H3,(H,32,33). The minimum absolute atomic E-state index is 0.0257. The summed E-state index contributed by atoms with van der Waals surface area (Å²) in [6.07, 6.45) is -0.115. The molecule has 0 bridgehead atoms. The third-order valence-electron chi connectivity index (χ3n) is 8.88. The van der Waals surface area contributed by atoms with Crippen LogP contribution in [0.15, 0.2) is 33.7 Å². The maximum atomic E-state index is 14.0. The summed E-state index contributed by atoms with van der Waals surface area (Å²) < 4.78 is 16.8. The van der Waals surface area contributed by atoms with Gasteiger partial charge in [-0.3, -0.25) is 14.4 Å². The fourth-order valence-electron chi connectivity index (χ4n) is 7.01. The van der Waals surface area contributed by atoms with E-state index in [-0.39, 0.29) is 56.1 Å². The largest absolute Gasteiger partial charge is 0.504 e. The van der Waals surface area contributed by atoms with Crippen LogP contribution in [0, 0.1) is 16.7 Å². The van der Waals surface area contributed by atoms with Gasteiger partial charge in [0.15, 0.2) is 5.76 Å². The lowest BCUT2D eigenvalue weighted by atomic mass is 9.55. The van der Waals surface area contributed by atoms with Crippen LogP contribution in [0.4, 0.5) is 0 Å². The van der Waals surface area contributed by atoms with Crippen LogP contribution in [0.1, 0.15) is 52.9 Å². The number of allylic oxidation sites excluding steroid dienone is 1. The van der Waals surface area contributed by atoms with Crippen LogP contribution in [-0.4, -0.2) is 90.0 Å². The van der Waals surface area contributed by atoms with E-state index >= 15 is 0 Å². The molecule has 1 heterocycles. The normalized spacial score (nSPS) is 33.2. The number of nitrogens with zero attached hydrogens (tertiary/aromatic N) is 1. The third kappa shape index (κ3) is 4.65. The summed E-state index contributed by atoms with van der Waals surface area (Å²) in [5.74, 6) is -3.86. The van der Waals surface area contributed by atoms with Gasteiger partial charge in [0.2, 0.25) is 5.78 Å². The van der Waals surface area contributed by atoms with E-state index in [0.29, 0.717) is 29.7 Å². The Morgan fingerprint density at radius 2 is 1.90 bits per heavy atom. The van der Waals surface area contributed by atoms with Gasteiger partial charge in [-0.2, -0.15) is 0 Å². The number of rotatable bonds is 8. The highest BCUT2D eigenvalue weighted by atomic mass is 16.5. The summed E-state index contributed by atoms with van der Waals surface area (Å²) in [5.41, 5.74) is -0.748. The minimum atomic E-state index is -1.20. The number of likely N-dealkylation sites (N-methyl/N-ethyl adjacent to an activating group) is 1. The molecule has 5 unspecified atom stereocenters. The average molecular weight is 548 g/mol. The number of hydrogen-bond acceptors (Lipinski definition) is 10. The van der Waals surface area contributed by atoms with Crippen LogP contribution in [-0.2, 0) is 33.4 Å². The molecule has 0 aromatic rings. The van der Waals surface area contributed by atoms with Gasteiger partial charge in [-0.25, -0.2) is 4.79 Å². The summed E-state index contributed by atoms with van der Waals surface area (Å²) in [6, 6.07) is 0. The number of carbonyl (C=O) groups excluding carboxylic acids is 3. The maximum absolute atomic E-state index is 14.0. The fraction of sp³-hybridized carbons (Fsp3) is 0.643. The Kier molecular flexibility index (Phi) is 7.70. The van der Waals surface area contributed by atoms with Gasteiger partial charge < -0.3 is 34.4 Å². The molecule has 0 aromatic carbocycles. The number of cyclic esters (lactones) is 1. The Hall–Kier alpha value is -3.18. The number of carboxylic acids is 1. The molecule has 0 aromatic heterocycles. The molecule has 39 heavy (non-hydrogen) atoms. The number of aliphatic carboxylic acids is 1. The predicted molar refractivity (Wildman–Crippen MR) is 136 cm³/mol. The van der Waals surface area contributed by atoms with Gasteiger partial charge in [0.1, 0.15) is 12.7 Å². The van der Waals surface area contributed by atoms with Gasteiger partial charge in [-0.1, -0.05) is 6.92 Å². The monoisotopic (exact) mass is 547 g/mol. The molecule has 0 spiro atoms. The zero-order chi connectivity index (χ0) is 28.9. The number of esters is 2. The molecular formula is C28H37NO10. The number of ether oxygens (including phenoxy) is 3. The third-order valence-corrected chi connectivity index (χ3v) is 8.88. The van der Waals surface area contributed by atoms with Crippen molar-refractivity contribution in [1.82, 2.24) is 4.90 Å². The number of aliphatic hydroxyl groups is 2. The van der Waals surface area contributed by atoms with E-state index in [9.17, 15) is 29.4 Å². The first kappa shape index (κ1) is 28.8. The number of Topliss-reactive ketones (excluding diaryl/α,β-unsaturated/α-hetero) is 1. The molecule has 11 nitrogen and oxygen atoms in total. The number of methoxy groups -OCH3 is 1. The molecule has 11 heteroatoms. The van der Waals surface area contributed by atoms with Crippen molar-refractivity contribution in [3.8, 4) is 0 Å². The van der Waals surface area contributed by atoms with Crippen molar-refractivity contribution >= 4 is 23.7 Å². The Morgan fingerprint density at radius 1 is 1.21 bits per heavy atom. The van der Waals surface area contributed by atoms with Crippen LogP contribution in [0.2, 0.25) is 0 Å². The quantitative estimate of drug-likeness (QED) is 0.301. The summed E-state index contributed by atoms with van der Waals surface area (Å²) in [4.78, 5) is 52.2. The van der Waals surface area contributed by atoms with E-state index in [1.807, 2.05) is 6.92 Å². The Balaban J connectivity index is 1.91. The van der Waals surface area contributed by atoms with Crippen molar-refractivity contribution in [1.29, 1.82) is 0 Å². The summed E-state index contributed by atoms with van der Waals surface area (Å²) in [7, 11) is 3.10. The molecule has 3 aliphatic carbocycles. The second-order valence-electron chi connectivity index (χ2n) is 11.4. The molecule has 0 amide bonds. The minimum Gasteiger partial charge on any atom is -0.504 e. The molecule has 1 saturated heterocycles. The van der Waals surface area contributed by atoms with Crippen molar-refractivity contribution < 1.29 is 48.7 Å². The molecular weight excluding hydrogens is 510 g/mol. The Labute approximate surface area is 227 Å². The van der Waals surface area contributed by atoms with Gasteiger partial charge in [0, 0.05) is 50.6 Å². The first-order valence-electron chi connectivity index (χ1n) is 13.2. The van der Waals surface area contributed by atoms with Crippen LogP contribution < -0.4 is 0 Å². The number of carbonyl (C=O) groups is 4. The van der Waals surface area contributed by atoms with E-state index in [2.05, 4.69) is 0 Å². The number of fused-ring (bicyclic) bond motifs is 4. The zero-order valence-electron chi connectivity index (χ0n) is 23.0. The molecule has 0 radical (unpaired) electrons. The van der Waals surface area contributed by atoms with Gasteiger partial charge >= 0.3 is 17.9 Å². The average Bonchev–Trinajstić information content (AvgIpc) is 3.14. The number of ketones is 1. The molecule has 5 atom stereocenters. The van der Waals surface area contributed by atoms with E-state index in [0.717, 1.165) is 0 Å². The molecule has 4 aliphatic rings. The summed E-state index contributed by atoms with van der Waals surface area (Å²) >= 11 is 0. The van der Waals surface area contributed by atoms with Crippen molar-refractivity contribution in [2.45, 2.75) is 65.1 Å². The topological polar surface area (TPSA) is 160 Å². The lowest BCUT2D eigenvalue weighted by Gasteiger charge is -2.52. The van der Waals surface area contributed by atoms with Crippen molar-refractivity contribution in [3.05, 3.63) is 33.7 Å². The van der Waals surface area contributed by atoms with E-state index in [4.69, 9.17) is 19.3 Å². The van der Waals surface area contributed by atoms with Gasteiger partial charge in [-0.15, -0.1) is 0 Å². The highest BCUT2D eigenvalue weighted by molar-refractivity contribution is 6.13. The first-order chi connectivity index (χ1) is 18.3. The van der Waals surface area contributed by atoms with Crippen LogP contribution in [0.3, 0.4) is 0 Å². The molecule has 214 valence electrons. The van der Waals surface area contributed by atoms with E-state index in [1.54, 1.807) is 18.9 Å². The second kappa shape index (κ2) is 10.4. The second-order valence-corrected chi connectivity index (χ2v) is 11.4. The highest BCUT2D eigenvalue weighted by Gasteiger charge is 2.62. The van der Waals surface area contributed by atoms with Gasteiger partial charge in [-0.05, 0) is 44.1 Å². The summed E-state index contributed by atoms with van der Waals surface area (Å²) in [6.45, 7) is 4.91. The van der Waals surface area contributed by atoms with Gasteiger partial charge in [0.05, 0.1) is 29.4 Å².